The van der Waals surface area contributed by atoms with E-state index in [0.29, 0.717) is 0 Å². The summed E-state index contributed by atoms with van der Waals surface area (Å²) in [7, 11) is 0. The molecule has 0 heterocycles. The highest BCUT2D eigenvalue weighted by atomic mass is 79.9. The Bertz CT molecular complexity index is 620. The second-order valence-corrected chi connectivity index (χ2v) is 6.11. The number of hydrogen-bond acceptors (Lipinski definition) is 1. The van der Waals surface area contributed by atoms with Crippen LogP contribution in [-0.2, 0) is 12.8 Å². The van der Waals surface area contributed by atoms with Crippen molar-refractivity contribution >= 4 is 21.7 Å². The van der Waals surface area contributed by atoms with E-state index in [2.05, 4.69) is 40.2 Å². The van der Waals surface area contributed by atoms with Crippen molar-refractivity contribution in [3.63, 3.8) is 0 Å². The first kappa shape index (κ1) is 12.6. The van der Waals surface area contributed by atoms with Gasteiger partial charge in [0.2, 0.25) is 0 Å². The van der Waals surface area contributed by atoms with Crippen LogP contribution in [0.2, 0.25) is 0 Å². The number of halogens is 1. The van der Waals surface area contributed by atoms with Crippen molar-refractivity contribution in [2.24, 2.45) is 5.92 Å². The summed E-state index contributed by atoms with van der Waals surface area (Å²) in [5.74, 6) is 0.375. The molecule has 0 N–H and O–H groups in total. The molecule has 0 bridgehead atoms. The van der Waals surface area contributed by atoms with Gasteiger partial charge in [0.05, 0.1) is 0 Å². The molecule has 1 aliphatic carbocycles. The molecule has 1 nitrogen and oxygen atoms in total. The largest absolute Gasteiger partial charge is 0.294 e. The Kier molecular flexibility index (Phi) is 3.28. The number of Topliss-reactive ketones (excluding diaryl/α,β-unsaturated/α-hetero) is 1. The zero-order valence-corrected chi connectivity index (χ0v) is 12.4. The molecule has 0 atom stereocenters. The Morgan fingerprint density at radius 3 is 2.37 bits per heavy atom. The van der Waals surface area contributed by atoms with E-state index in [1.165, 1.54) is 11.1 Å². The molecule has 0 spiro atoms. The van der Waals surface area contributed by atoms with Gasteiger partial charge in [0.1, 0.15) is 0 Å². The zero-order valence-electron chi connectivity index (χ0n) is 10.8. The number of carbonyl (C=O) groups is 1. The predicted octanol–water partition coefficient (Wildman–Crippen LogP) is 4.36. The fourth-order valence-corrected chi connectivity index (χ4v) is 3.18. The van der Waals surface area contributed by atoms with Crippen LogP contribution in [0.3, 0.4) is 0 Å². The lowest BCUT2D eigenvalue weighted by atomic mass is 9.92. The highest BCUT2D eigenvalue weighted by Gasteiger charge is 2.28. The first-order valence-electron chi connectivity index (χ1n) is 6.52. The standard InChI is InChI=1S/C17H15BrO/c1-11-6-7-15(18)10-16(11)17(19)14-8-12-4-2-3-5-13(12)9-14/h2-7,10,14H,8-9H2,1H3. The molecule has 1 aliphatic rings. The third kappa shape index (κ3) is 2.37. The maximum Gasteiger partial charge on any atom is 0.166 e. The summed E-state index contributed by atoms with van der Waals surface area (Å²) >= 11 is 3.45. The first-order chi connectivity index (χ1) is 9.15. The number of benzene rings is 2. The van der Waals surface area contributed by atoms with Crippen molar-refractivity contribution in [1.29, 1.82) is 0 Å². The molecular weight excluding hydrogens is 300 g/mol. The van der Waals surface area contributed by atoms with E-state index in [1.807, 2.05) is 25.1 Å². The molecule has 2 heteroatoms. The van der Waals surface area contributed by atoms with Crippen LogP contribution < -0.4 is 0 Å². The fourth-order valence-electron chi connectivity index (χ4n) is 2.82. The van der Waals surface area contributed by atoms with E-state index in [4.69, 9.17) is 0 Å². The predicted molar refractivity (Wildman–Crippen MR) is 80.5 cm³/mol. The van der Waals surface area contributed by atoms with Crippen molar-refractivity contribution < 1.29 is 4.79 Å². The Balaban J connectivity index is 1.89. The molecule has 0 aliphatic heterocycles. The van der Waals surface area contributed by atoms with Crippen LogP contribution in [0.5, 0.6) is 0 Å². The van der Waals surface area contributed by atoms with Crippen molar-refractivity contribution in [2.75, 3.05) is 0 Å². The van der Waals surface area contributed by atoms with Crippen molar-refractivity contribution in [3.05, 3.63) is 69.2 Å². The first-order valence-corrected chi connectivity index (χ1v) is 7.31. The average molecular weight is 315 g/mol. The number of aryl methyl sites for hydroxylation is 1. The molecule has 0 aromatic heterocycles. The normalized spacial score (nSPS) is 14.4. The zero-order chi connectivity index (χ0) is 13.4. The average Bonchev–Trinajstić information content (AvgIpc) is 2.84. The van der Waals surface area contributed by atoms with Gasteiger partial charge < -0.3 is 0 Å². The fraction of sp³-hybridized carbons (Fsp3) is 0.235. The van der Waals surface area contributed by atoms with E-state index in [-0.39, 0.29) is 11.7 Å². The number of rotatable bonds is 2. The van der Waals surface area contributed by atoms with E-state index in [1.54, 1.807) is 0 Å². The van der Waals surface area contributed by atoms with E-state index < -0.39 is 0 Å². The van der Waals surface area contributed by atoms with E-state index in [0.717, 1.165) is 28.4 Å². The highest BCUT2D eigenvalue weighted by Crippen LogP contribution is 2.30. The molecule has 0 unspecified atom stereocenters. The molecule has 19 heavy (non-hydrogen) atoms. The van der Waals surface area contributed by atoms with Crippen LogP contribution in [0.15, 0.2) is 46.9 Å². The number of ketones is 1. The molecule has 0 fully saturated rings. The second kappa shape index (κ2) is 4.93. The van der Waals surface area contributed by atoms with Crippen molar-refractivity contribution in [2.45, 2.75) is 19.8 Å². The minimum atomic E-state index is 0.102. The summed E-state index contributed by atoms with van der Waals surface area (Å²) in [5.41, 5.74) is 4.57. The van der Waals surface area contributed by atoms with E-state index >= 15 is 0 Å². The van der Waals surface area contributed by atoms with Crippen LogP contribution in [0, 0.1) is 12.8 Å². The van der Waals surface area contributed by atoms with Gasteiger partial charge >= 0.3 is 0 Å². The molecule has 3 rings (SSSR count). The summed E-state index contributed by atoms with van der Waals surface area (Å²) in [6, 6.07) is 14.3. The number of fused-ring (bicyclic) bond motifs is 1. The van der Waals surface area contributed by atoms with Gasteiger partial charge in [-0.1, -0.05) is 46.3 Å². The van der Waals surface area contributed by atoms with Crippen LogP contribution in [0.1, 0.15) is 27.0 Å². The van der Waals surface area contributed by atoms with Crippen LogP contribution >= 0.6 is 15.9 Å². The summed E-state index contributed by atoms with van der Waals surface area (Å²) in [4.78, 5) is 12.7. The Hall–Kier alpha value is -1.41. The van der Waals surface area contributed by atoms with Crippen LogP contribution in [0.4, 0.5) is 0 Å². The van der Waals surface area contributed by atoms with Gasteiger partial charge in [-0.15, -0.1) is 0 Å². The minimum Gasteiger partial charge on any atom is -0.294 e. The molecule has 0 amide bonds. The van der Waals surface area contributed by atoms with Gasteiger partial charge in [-0.3, -0.25) is 4.79 Å². The number of carbonyl (C=O) groups excluding carboxylic acids is 1. The SMILES string of the molecule is Cc1ccc(Br)cc1C(=O)C1Cc2ccccc2C1. The van der Waals surface area contributed by atoms with Crippen LogP contribution in [-0.4, -0.2) is 5.78 Å². The van der Waals surface area contributed by atoms with Crippen LogP contribution in [0.25, 0.3) is 0 Å². The van der Waals surface area contributed by atoms with Gasteiger partial charge in [0.15, 0.2) is 5.78 Å². The molecule has 2 aromatic carbocycles. The monoisotopic (exact) mass is 314 g/mol. The smallest absolute Gasteiger partial charge is 0.166 e. The lowest BCUT2D eigenvalue weighted by molar-refractivity contribution is 0.0924. The van der Waals surface area contributed by atoms with Gasteiger partial charge in [-0.25, -0.2) is 0 Å². The Morgan fingerprint density at radius 1 is 1.11 bits per heavy atom. The Morgan fingerprint density at radius 2 is 1.74 bits per heavy atom. The van der Waals surface area contributed by atoms with Gasteiger partial charge in [-0.2, -0.15) is 0 Å². The van der Waals surface area contributed by atoms with Gasteiger partial charge in [0, 0.05) is 16.0 Å². The summed E-state index contributed by atoms with van der Waals surface area (Å²) in [6.45, 7) is 2.00. The third-order valence-corrected chi connectivity index (χ3v) is 4.38. The van der Waals surface area contributed by atoms with Gasteiger partial charge in [-0.05, 0) is 48.6 Å². The maximum atomic E-state index is 12.7. The number of hydrogen-bond donors (Lipinski definition) is 0. The molecular formula is C17H15BrO. The molecule has 0 saturated carbocycles. The third-order valence-electron chi connectivity index (χ3n) is 3.89. The van der Waals surface area contributed by atoms with Crippen molar-refractivity contribution in [1.82, 2.24) is 0 Å². The summed E-state index contributed by atoms with van der Waals surface area (Å²) in [6.07, 6.45) is 1.75. The summed E-state index contributed by atoms with van der Waals surface area (Å²) in [5, 5.41) is 0. The molecule has 0 saturated heterocycles. The van der Waals surface area contributed by atoms with E-state index in [9.17, 15) is 4.79 Å². The van der Waals surface area contributed by atoms with Crippen molar-refractivity contribution in [3.8, 4) is 0 Å². The minimum absolute atomic E-state index is 0.102. The molecule has 2 aromatic rings. The summed E-state index contributed by atoms with van der Waals surface area (Å²) < 4.78 is 0.969. The lowest BCUT2D eigenvalue weighted by Gasteiger charge is -2.11. The van der Waals surface area contributed by atoms with Gasteiger partial charge in [0.25, 0.3) is 0 Å². The molecule has 96 valence electrons. The maximum absolute atomic E-state index is 12.7. The quantitative estimate of drug-likeness (QED) is 0.753. The Labute approximate surface area is 121 Å². The highest BCUT2D eigenvalue weighted by molar-refractivity contribution is 9.10. The molecule has 0 radical (unpaired) electrons. The second-order valence-electron chi connectivity index (χ2n) is 5.20. The topological polar surface area (TPSA) is 17.1 Å². The lowest BCUT2D eigenvalue weighted by Crippen LogP contribution is -2.16.